The van der Waals surface area contributed by atoms with E-state index < -0.39 is 5.91 Å². The summed E-state index contributed by atoms with van der Waals surface area (Å²) in [5.41, 5.74) is 1.93. The van der Waals surface area contributed by atoms with Crippen molar-refractivity contribution in [2.75, 3.05) is 4.90 Å². The van der Waals surface area contributed by atoms with Crippen LogP contribution in [0.4, 0.5) is 10.5 Å². The quantitative estimate of drug-likeness (QED) is 0.348. The number of carbonyl (C=O) groups excluding carboxylic acids is 2. The molecule has 31 heavy (non-hydrogen) atoms. The molecule has 1 aliphatic rings. The molecule has 1 aliphatic heterocycles. The van der Waals surface area contributed by atoms with Crippen LogP contribution in [0.2, 0.25) is 15.1 Å². The number of imide groups is 1. The average Bonchev–Trinajstić information content (AvgIpc) is 3.02. The Labute approximate surface area is 198 Å². The van der Waals surface area contributed by atoms with Gasteiger partial charge in [0.05, 0.1) is 10.6 Å². The lowest BCUT2D eigenvalue weighted by molar-refractivity contribution is -0.113. The number of benzene rings is 3. The van der Waals surface area contributed by atoms with Crippen LogP contribution in [0.1, 0.15) is 11.1 Å². The van der Waals surface area contributed by atoms with E-state index in [0.29, 0.717) is 37.0 Å². The van der Waals surface area contributed by atoms with E-state index in [1.165, 1.54) is 0 Å². The first-order valence-electron chi connectivity index (χ1n) is 9.11. The molecule has 0 saturated carbocycles. The summed E-state index contributed by atoms with van der Waals surface area (Å²) in [6.45, 7) is 0.229. The van der Waals surface area contributed by atoms with E-state index in [4.69, 9.17) is 39.5 Å². The number of halogens is 3. The third-order valence-corrected chi connectivity index (χ3v) is 6.19. The molecule has 3 aromatic rings. The van der Waals surface area contributed by atoms with Crippen LogP contribution < -0.4 is 9.64 Å². The number of hydrogen-bond acceptors (Lipinski definition) is 4. The molecule has 4 rings (SSSR count). The van der Waals surface area contributed by atoms with E-state index in [1.807, 2.05) is 18.2 Å². The molecule has 1 heterocycles. The van der Waals surface area contributed by atoms with Gasteiger partial charge in [-0.1, -0.05) is 59.1 Å². The Bertz CT molecular complexity index is 1190. The molecule has 0 bridgehead atoms. The number of amides is 2. The zero-order valence-corrected chi connectivity index (χ0v) is 18.9. The lowest BCUT2D eigenvalue weighted by Gasteiger charge is -2.12. The number of carbonyl (C=O) groups is 2. The van der Waals surface area contributed by atoms with Crippen LogP contribution in [0, 0.1) is 0 Å². The van der Waals surface area contributed by atoms with E-state index in [-0.39, 0.29) is 11.8 Å². The topological polar surface area (TPSA) is 46.6 Å². The second-order valence-corrected chi connectivity index (χ2v) is 8.83. The minimum atomic E-state index is -0.395. The monoisotopic (exact) mass is 489 g/mol. The molecule has 3 aromatic carbocycles. The van der Waals surface area contributed by atoms with Gasteiger partial charge in [0.1, 0.15) is 12.4 Å². The highest BCUT2D eigenvalue weighted by molar-refractivity contribution is 8.19. The maximum Gasteiger partial charge on any atom is 0.298 e. The van der Waals surface area contributed by atoms with Crippen LogP contribution in [-0.2, 0) is 11.4 Å². The van der Waals surface area contributed by atoms with Crippen LogP contribution in [0.25, 0.3) is 6.08 Å². The SMILES string of the molecule is O=C1S/C(=C/c2ccccc2OCc2ccc(Cl)cc2Cl)C(=O)N1c1ccc(Cl)cc1. The van der Waals surface area contributed by atoms with Crippen molar-refractivity contribution in [1.82, 2.24) is 0 Å². The molecule has 0 unspecified atom stereocenters. The van der Waals surface area contributed by atoms with Gasteiger partial charge in [-0.05, 0) is 60.3 Å². The van der Waals surface area contributed by atoms with Crippen molar-refractivity contribution in [3.8, 4) is 5.75 Å². The maximum absolute atomic E-state index is 12.9. The lowest BCUT2D eigenvalue weighted by atomic mass is 10.1. The normalized spacial score (nSPS) is 15.1. The smallest absolute Gasteiger partial charge is 0.298 e. The highest BCUT2D eigenvalue weighted by Crippen LogP contribution is 2.37. The van der Waals surface area contributed by atoms with E-state index in [0.717, 1.165) is 22.2 Å². The molecule has 8 heteroatoms. The van der Waals surface area contributed by atoms with Crippen molar-refractivity contribution in [2.45, 2.75) is 6.61 Å². The minimum Gasteiger partial charge on any atom is -0.488 e. The van der Waals surface area contributed by atoms with Gasteiger partial charge >= 0.3 is 0 Å². The fraction of sp³-hybridized carbons (Fsp3) is 0.0435. The second kappa shape index (κ2) is 9.37. The summed E-state index contributed by atoms with van der Waals surface area (Å²) in [6, 6.07) is 19.0. The molecule has 2 amide bonds. The highest BCUT2D eigenvalue weighted by Gasteiger charge is 2.36. The number of anilines is 1. The van der Waals surface area contributed by atoms with Crippen LogP contribution in [0.3, 0.4) is 0 Å². The number of para-hydroxylation sites is 1. The van der Waals surface area contributed by atoms with Gasteiger partial charge in [0.15, 0.2) is 0 Å². The molecule has 156 valence electrons. The van der Waals surface area contributed by atoms with E-state index in [1.54, 1.807) is 54.6 Å². The highest BCUT2D eigenvalue weighted by atomic mass is 35.5. The van der Waals surface area contributed by atoms with E-state index in [2.05, 4.69) is 0 Å². The Morgan fingerprint density at radius 2 is 1.61 bits per heavy atom. The Balaban J connectivity index is 1.57. The van der Waals surface area contributed by atoms with Gasteiger partial charge in [-0.15, -0.1) is 0 Å². The summed E-state index contributed by atoms with van der Waals surface area (Å²) in [6.07, 6.45) is 1.65. The van der Waals surface area contributed by atoms with E-state index in [9.17, 15) is 9.59 Å². The summed E-state index contributed by atoms with van der Waals surface area (Å²) in [7, 11) is 0. The Hall–Kier alpha value is -2.44. The molecule has 1 fully saturated rings. The summed E-state index contributed by atoms with van der Waals surface area (Å²) < 4.78 is 5.94. The van der Waals surface area contributed by atoms with Crippen molar-refractivity contribution in [3.05, 3.63) is 97.8 Å². The molecule has 0 aromatic heterocycles. The number of hydrogen-bond donors (Lipinski definition) is 0. The van der Waals surface area contributed by atoms with Gasteiger partial charge in [0, 0.05) is 26.2 Å². The van der Waals surface area contributed by atoms with Gasteiger partial charge in [0.2, 0.25) is 0 Å². The van der Waals surface area contributed by atoms with Crippen LogP contribution in [-0.4, -0.2) is 11.1 Å². The van der Waals surface area contributed by atoms with Gasteiger partial charge in [0.25, 0.3) is 11.1 Å². The first-order valence-corrected chi connectivity index (χ1v) is 11.1. The summed E-state index contributed by atoms with van der Waals surface area (Å²) >= 11 is 18.9. The van der Waals surface area contributed by atoms with Gasteiger partial charge in [-0.2, -0.15) is 0 Å². The molecule has 0 aliphatic carbocycles. The third kappa shape index (κ3) is 4.91. The number of nitrogens with zero attached hydrogens (tertiary/aromatic N) is 1. The standard InChI is InChI=1S/C23H14Cl3NO3S/c24-16-7-9-18(10-8-16)27-22(28)21(31-23(27)29)11-14-3-1-2-4-20(14)30-13-15-5-6-17(25)12-19(15)26/h1-12H,13H2/b21-11+. The number of thioether (sulfide) groups is 1. The van der Waals surface area contributed by atoms with Crippen molar-refractivity contribution < 1.29 is 14.3 Å². The Kier molecular flexibility index (Phi) is 6.58. The van der Waals surface area contributed by atoms with E-state index >= 15 is 0 Å². The first-order chi connectivity index (χ1) is 14.9. The van der Waals surface area contributed by atoms with Gasteiger partial charge in [-0.25, -0.2) is 4.90 Å². The number of ether oxygens (including phenoxy) is 1. The summed E-state index contributed by atoms with van der Waals surface area (Å²) in [5, 5.41) is 1.21. The Morgan fingerprint density at radius 1 is 0.903 bits per heavy atom. The molecule has 0 radical (unpaired) electrons. The molecule has 0 N–H and O–H groups in total. The zero-order valence-electron chi connectivity index (χ0n) is 15.8. The van der Waals surface area contributed by atoms with Crippen LogP contribution in [0.15, 0.2) is 71.6 Å². The van der Waals surface area contributed by atoms with Crippen LogP contribution >= 0.6 is 46.6 Å². The van der Waals surface area contributed by atoms with Crippen LogP contribution in [0.5, 0.6) is 5.75 Å². The Morgan fingerprint density at radius 3 is 2.35 bits per heavy atom. The largest absolute Gasteiger partial charge is 0.488 e. The molecular weight excluding hydrogens is 477 g/mol. The zero-order chi connectivity index (χ0) is 22.0. The molecule has 4 nitrogen and oxygen atoms in total. The van der Waals surface area contributed by atoms with Crippen molar-refractivity contribution in [1.29, 1.82) is 0 Å². The predicted molar refractivity (Wildman–Crippen MR) is 127 cm³/mol. The first kappa shape index (κ1) is 21.8. The number of rotatable bonds is 5. The molecule has 0 atom stereocenters. The van der Waals surface area contributed by atoms with Crippen molar-refractivity contribution in [3.63, 3.8) is 0 Å². The van der Waals surface area contributed by atoms with Crippen molar-refractivity contribution >= 4 is 69.5 Å². The molecular formula is C23H14Cl3NO3S. The fourth-order valence-electron chi connectivity index (χ4n) is 2.95. The average molecular weight is 491 g/mol. The summed E-state index contributed by atoms with van der Waals surface area (Å²) in [5.74, 6) is 0.166. The fourth-order valence-corrected chi connectivity index (χ4v) is 4.37. The third-order valence-electron chi connectivity index (χ3n) is 4.48. The second-order valence-electron chi connectivity index (χ2n) is 6.56. The summed E-state index contributed by atoms with van der Waals surface area (Å²) in [4.78, 5) is 26.8. The predicted octanol–water partition coefficient (Wildman–Crippen LogP) is 7.47. The maximum atomic E-state index is 12.9. The van der Waals surface area contributed by atoms with Crippen molar-refractivity contribution in [2.24, 2.45) is 0 Å². The lowest BCUT2D eigenvalue weighted by Crippen LogP contribution is -2.27. The van der Waals surface area contributed by atoms with Gasteiger partial charge in [-0.3, -0.25) is 9.59 Å². The molecule has 1 saturated heterocycles. The minimum absolute atomic E-state index is 0.229. The molecule has 0 spiro atoms. The van der Waals surface area contributed by atoms with Gasteiger partial charge < -0.3 is 4.74 Å².